The van der Waals surface area contributed by atoms with Gasteiger partial charge >= 0.3 is 5.97 Å². The molecule has 0 atom stereocenters. The molecule has 1 aromatic carbocycles. The Labute approximate surface area is 151 Å². The highest BCUT2D eigenvalue weighted by molar-refractivity contribution is 5.96. The lowest BCUT2D eigenvalue weighted by Gasteiger charge is -2.09. The standard InChI is InChI=1S/C20H22FN3O2/c1-13-14(2)24(12-19(25)26-3)18-11-22-10-17(20(13)18)23-9-8-15-4-6-16(21)7-5-15/h4-7,10-11,23H,8-9,12H2,1-3H3. The van der Waals surface area contributed by atoms with Gasteiger partial charge in [0, 0.05) is 17.6 Å². The zero-order valence-electron chi connectivity index (χ0n) is 15.2. The number of aromatic nitrogens is 2. The first-order valence-electron chi connectivity index (χ1n) is 8.49. The van der Waals surface area contributed by atoms with Crippen LogP contribution in [0.4, 0.5) is 10.1 Å². The van der Waals surface area contributed by atoms with Gasteiger partial charge in [0.05, 0.1) is 30.7 Å². The van der Waals surface area contributed by atoms with Gasteiger partial charge in [-0.25, -0.2) is 4.39 Å². The molecule has 6 heteroatoms. The van der Waals surface area contributed by atoms with Crippen LogP contribution in [0.2, 0.25) is 0 Å². The number of esters is 1. The van der Waals surface area contributed by atoms with Crippen LogP contribution in [-0.4, -0.2) is 29.2 Å². The molecule has 0 saturated heterocycles. The predicted molar refractivity (Wildman–Crippen MR) is 99.8 cm³/mol. The number of aryl methyl sites for hydroxylation is 1. The number of pyridine rings is 1. The topological polar surface area (TPSA) is 56.1 Å². The van der Waals surface area contributed by atoms with Crippen molar-refractivity contribution in [2.24, 2.45) is 0 Å². The molecule has 3 aromatic rings. The van der Waals surface area contributed by atoms with Crippen molar-refractivity contribution in [3.8, 4) is 0 Å². The van der Waals surface area contributed by atoms with Crippen molar-refractivity contribution >= 4 is 22.6 Å². The van der Waals surface area contributed by atoms with Crippen LogP contribution >= 0.6 is 0 Å². The third-order valence-corrected chi connectivity index (χ3v) is 4.70. The van der Waals surface area contributed by atoms with Crippen LogP contribution in [0.5, 0.6) is 0 Å². The van der Waals surface area contributed by atoms with Gasteiger partial charge in [0.25, 0.3) is 0 Å². The summed E-state index contributed by atoms with van der Waals surface area (Å²) in [6.07, 6.45) is 4.34. The van der Waals surface area contributed by atoms with Crippen LogP contribution in [0.25, 0.3) is 10.9 Å². The van der Waals surface area contributed by atoms with Gasteiger partial charge in [-0.15, -0.1) is 0 Å². The Morgan fingerprint density at radius 3 is 2.65 bits per heavy atom. The summed E-state index contributed by atoms with van der Waals surface area (Å²) in [4.78, 5) is 16.0. The summed E-state index contributed by atoms with van der Waals surface area (Å²) >= 11 is 0. The number of carbonyl (C=O) groups excluding carboxylic acids is 1. The van der Waals surface area contributed by atoms with Crippen LogP contribution in [0.3, 0.4) is 0 Å². The van der Waals surface area contributed by atoms with Gasteiger partial charge in [-0.1, -0.05) is 12.1 Å². The van der Waals surface area contributed by atoms with E-state index in [4.69, 9.17) is 4.74 Å². The molecule has 0 saturated carbocycles. The third kappa shape index (κ3) is 3.54. The minimum absolute atomic E-state index is 0.160. The first-order chi connectivity index (χ1) is 12.5. The average Bonchev–Trinajstić information content (AvgIpc) is 2.89. The quantitative estimate of drug-likeness (QED) is 0.686. The number of methoxy groups -OCH3 is 1. The van der Waals surface area contributed by atoms with E-state index >= 15 is 0 Å². The van der Waals surface area contributed by atoms with Crippen molar-refractivity contribution in [3.05, 3.63) is 59.3 Å². The lowest BCUT2D eigenvalue weighted by Crippen LogP contribution is -2.12. The van der Waals surface area contributed by atoms with Crippen LogP contribution in [0.15, 0.2) is 36.7 Å². The molecule has 0 aliphatic heterocycles. The second-order valence-electron chi connectivity index (χ2n) is 6.26. The zero-order chi connectivity index (χ0) is 18.7. The summed E-state index contributed by atoms with van der Waals surface area (Å²) in [5.41, 5.74) is 5.01. The Kier molecular flexibility index (Phi) is 5.21. The Balaban J connectivity index is 1.83. The molecule has 2 aromatic heterocycles. The predicted octanol–water partition coefficient (Wildman–Crippen LogP) is 3.62. The fourth-order valence-electron chi connectivity index (χ4n) is 3.14. The van der Waals surface area contributed by atoms with Crippen LogP contribution in [0, 0.1) is 19.7 Å². The Hall–Kier alpha value is -2.89. The van der Waals surface area contributed by atoms with E-state index in [1.54, 1.807) is 24.5 Å². The molecule has 0 radical (unpaired) electrons. The maximum atomic E-state index is 13.0. The van der Waals surface area contributed by atoms with E-state index in [-0.39, 0.29) is 18.3 Å². The maximum absolute atomic E-state index is 13.0. The Morgan fingerprint density at radius 2 is 1.96 bits per heavy atom. The highest BCUT2D eigenvalue weighted by Crippen LogP contribution is 2.30. The lowest BCUT2D eigenvalue weighted by molar-refractivity contribution is -0.141. The van der Waals surface area contributed by atoms with Gasteiger partial charge in [0.2, 0.25) is 0 Å². The third-order valence-electron chi connectivity index (χ3n) is 4.70. The van der Waals surface area contributed by atoms with Gasteiger partial charge in [0.1, 0.15) is 12.4 Å². The van der Waals surface area contributed by atoms with Crippen molar-refractivity contribution in [1.29, 1.82) is 0 Å². The summed E-state index contributed by atoms with van der Waals surface area (Å²) in [5, 5.41) is 4.47. The van der Waals surface area contributed by atoms with Crippen molar-refractivity contribution in [2.45, 2.75) is 26.8 Å². The first kappa shape index (κ1) is 17.9. The van der Waals surface area contributed by atoms with E-state index in [0.29, 0.717) is 6.54 Å². The van der Waals surface area contributed by atoms with Crippen molar-refractivity contribution < 1.29 is 13.9 Å². The molecule has 0 fully saturated rings. The molecule has 0 amide bonds. The number of fused-ring (bicyclic) bond motifs is 1. The lowest BCUT2D eigenvalue weighted by atomic mass is 10.1. The fraction of sp³-hybridized carbons (Fsp3) is 0.300. The van der Waals surface area contributed by atoms with Crippen LogP contribution in [-0.2, 0) is 22.5 Å². The molecular weight excluding hydrogens is 333 g/mol. The minimum atomic E-state index is -0.292. The maximum Gasteiger partial charge on any atom is 0.325 e. The first-order valence-corrected chi connectivity index (χ1v) is 8.49. The SMILES string of the molecule is COC(=O)Cn1c(C)c(C)c2c(NCCc3ccc(F)cc3)cncc21. The average molecular weight is 355 g/mol. The highest BCUT2D eigenvalue weighted by atomic mass is 19.1. The van der Waals surface area contributed by atoms with Gasteiger partial charge < -0.3 is 14.6 Å². The van der Waals surface area contributed by atoms with Crippen LogP contribution in [0.1, 0.15) is 16.8 Å². The minimum Gasteiger partial charge on any atom is -0.468 e. The van der Waals surface area contributed by atoms with Crippen molar-refractivity contribution in [2.75, 3.05) is 19.0 Å². The largest absolute Gasteiger partial charge is 0.468 e. The summed E-state index contributed by atoms with van der Waals surface area (Å²) in [6.45, 7) is 4.89. The van der Waals surface area contributed by atoms with E-state index in [1.807, 2.05) is 18.4 Å². The molecule has 0 spiro atoms. The number of nitrogens with one attached hydrogen (secondary N) is 1. The fourth-order valence-corrected chi connectivity index (χ4v) is 3.14. The second-order valence-corrected chi connectivity index (χ2v) is 6.26. The number of anilines is 1. The van der Waals surface area contributed by atoms with Crippen molar-refractivity contribution in [3.63, 3.8) is 0 Å². The molecule has 0 bridgehead atoms. The monoisotopic (exact) mass is 355 g/mol. The Bertz CT molecular complexity index is 932. The molecule has 2 heterocycles. The molecule has 26 heavy (non-hydrogen) atoms. The number of hydrogen-bond acceptors (Lipinski definition) is 4. The number of ether oxygens (including phenoxy) is 1. The molecular formula is C20H22FN3O2. The van der Waals surface area contributed by atoms with E-state index in [2.05, 4.69) is 10.3 Å². The smallest absolute Gasteiger partial charge is 0.325 e. The second kappa shape index (κ2) is 7.56. The molecule has 1 N–H and O–H groups in total. The van der Waals surface area contributed by atoms with Crippen molar-refractivity contribution in [1.82, 2.24) is 9.55 Å². The normalized spacial score (nSPS) is 10.9. The number of carbonyl (C=O) groups is 1. The van der Waals surface area contributed by atoms with E-state index < -0.39 is 0 Å². The molecule has 5 nitrogen and oxygen atoms in total. The number of halogens is 1. The van der Waals surface area contributed by atoms with Crippen LogP contribution < -0.4 is 5.32 Å². The molecule has 0 unspecified atom stereocenters. The number of benzene rings is 1. The van der Waals surface area contributed by atoms with Gasteiger partial charge in [-0.2, -0.15) is 0 Å². The summed E-state index contributed by atoms with van der Waals surface area (Å²) in [6, 6.07) is 6.52. The van der Waals surface area contributed by atoms with E-state index in [1.165, 1.54) is 19.2 Å². The van der Waals surface area contributed by atoms with E-state index in [0.717, 1.165) is 39.8 Å². The number of hydrogen-bond donors (Lipinski definition) is 1. The zero-order valence-corrected chi connectivity index (χ0v) is 15.2. The van der Waals surface area contributed by atoms with Gasteiger partial charge in [-0.3, -0.25) is 9.78 Å². The number of rotatable bonds is 6. The summed E-state index contributed by atoms with van der Waals surface area (Å²) in [5.74, 6) is -0.520. The molecule has 3 rings (SSSR count). The Morgan fingerprint density at radius 1 is 1.23 bits per heavy atom. The summed E-state index contributed by atoms with van der Waals surface area (Å²) in [7, 11) is 1.39. The molecule has 0 aliphatic carbocycles. The van der Waals surface area contributed by atoms with Gasteiger partial charge in [-0.05, 0) is 43.5 Å². The number of nitrogens with zero attached hydrogens (tertiary/aromatic N) is 2. The molecule has 0 aliphatic rings. The highest BCUT2D eigenvalue weighted by Gasteiger charge is 2.16. The molecule has 136 valence electrons. The van der Waals surface area contributed by atoms with E-state index in [9.17, 15) is 9.18 Å². The van der Waals surface area contributed by atoms with Gasteiger partial charge in [0.15, 0.2) is 0 Å². The summed E-state index contributed by atoms with van der Waals surface area (Å²) < 4.78 is 19.7.